The van der Waals surface area contributed by atoms with Gasteiger partial charge in [0.2, 0.25) is 5.91 Å². The van der Waals surface area contributed by atoms with Gasteiger partial charge in [-0.05, 0) is 17.7 Å². The lowest BCUT2D eigenvalue weighted by Gasteiger charge is -2.02. The molecule has 0 saturated heterocycles. The Bertz CT molecular complexity index is 932. The van der Waals surface area contributed by atoms with Gasteiger partial charge in [0.25, 0.3) is 5.56 Å². The number of aryl methyl sites for hydroxylation is 1. The molecule has 0 unspecified atom stereocenters. The van der Waals surface area contributed by atoms with Gasteiger partial charge in [0.15, 0.2) is 0 Å². The molecule has 1 aromatic heterocycles. The van der Waals surface area contributed by atoms with E-state index < -0.39 is 0 Å². The molecule has 0 bridgehead atoms. The van der Waals surface area contributed by atoms with Crippen LogP contribution in [0.1, 0.15) is 16.8 Å². The highest BCUT2D eigenvalue weighted by molar-refractivity contribution is 5.99. The molecule has 6 nitrogen and oxygen atoms in total. The van der Waals surface area contributed by atoms with Crippen LogP contribution in [0, 0.1) is 6.92 Å². The predicted molar refractivity (Wildman–Crippen MR) is 89.5 cm³/mol. The number of benzene rings is 2. The lowest BCUT2D eigenvalue weighted by molar-refractivity contribution is -0.120. The van der Waals surface area contributed by atoms with Crippen molar-refractivity contribution in [2.24, 2.45) is 5.10 Å². The van der Waals surface area contributed by atoms with Crippen molar-refractivity contribution in [3.63, 3.8) is 0 Å². The highest BCUT2D eigenvalue weighted by Gasteiger charge is 2.10. The zero-order valence-electron chi connectivity index (χ0n) is 12.6. The van der Waals surface area contributed by atoms with Crippen LogP contribution < -0.4 is 11.0 Å². The summed E-state index contributed by atoms with van der Waals surface area (Å²) in [5, 5.41) is 11.3. The van der Waals surface area contributed by atoms with Crippen LogP contribution in [0.25, 0.3) is 10.8 Å². The van der Waals surface area contributed by atoms with Crippen molar-refractivity contribution in [1.29, 1.82) is 0 Å². The van der Waals surface area contributed by atoms with Crippen LogP contribution in [0.2, 0.25) is 0 Å². The lowest BCUT2D eigenvalue weighted by Crippen LogP contribution is -2.23. The number of rotatable bonds is 4. The topological polar surface area (TPSA) is 90.1 Å². The number of H-pyrrole nitrogens is 2. The van der Waals surface area contributed by atoms with Gasteiger partial charge in [-0.25, -0.2) is 5.43 Å². The van der Waals surface area contributed by atoms with E-state index in [2.05, 4.69) is 20.7 Å². The van der Waals surface area contributed by atoms with E-state index in [4.69, 9.17) is 0 Å². The Balaban J connectivity index is 1.71. The van der Waals surface area contributed by atoms with E-state index in [9.17, 15) is 9.59 Å². The van der Waals surface area contributed by atoms with E-state index in [0.717, 1.165) is 16.3 Å². The number of fused-ring (bicyclic) bond motifs is 1. The third-order valence-corrected chi connectivity index (χ3v) is 3.64. The highest BCUT2D eigenvalue weighted by Crippen LogP contribution is 2.16. The summed E-state index contributed by atoms with van der Waals surface area (Å²) in [4.78, 5) is 23.4. The number of hydrogen-bond acceptors (Lipinski definition) is 3. The number of aromatic amines is 2. The largest absolute Gasteiger partial charge is 0.302 e. The molecule has 3 N–H and O–H groups in total. The van der Waals surface area contributed by atoms with Gasteiger partial charge in [0.05, 0.1) is 12.6 Å². The number of carbonyl (C=O) groups is 1. The van der Waals surface area contributed by atoms with Gasteiger partial charge in [0, 0.05) is 16.8 Å². The maximum Gasteiger partial charge on any atom is 0.267 e. The monoisotopic (exact) mass is 308 g/mol. The van der Waals surface area contributed by atoms with E-state index >= 15 is 0 Å². The lowest BCUT2D eigenvalue weighted by atomic mass is 10.1. The number of nitrogens with one attached hydrogen (secondary N) is 3. The average molecular weight is 308 g/mol. The van der Waals surface area contributed by atoms with Crippen LogP contribution >= 0.6 is 0 Å². The first-order chi connectivity index (χ1) is 11.1. The Morgan fingerprint density at radius 2 is 1.96 bits per heavy atom. The summed E-state index contributed by atoms with van der Waals surface area (Å²) >= 11 is 0. The molecule has 1 amide bonds. The molecule has 0 radical (unpaired) electrons. The van der Waals surface area contributed by atoms with Gasteiger partial charge in [-0.1, -0.05) is 42.5 Å². The smallest absolute Gasteiger partial charge is 0.267 e. The van der Waals surface area contributed by atoms with Crippen LogP contribution in [0.5, 0.6) is 0 Å². The van der Waals surface area contributed by atoms with Crippen LogP contribution in [0.15, 0.2) is 52.4 Å². The van der Waals surface area contributed by atoms with Crippen LogP contribution in [0.4, 0.5) is 0 Å². The van der Waals surface area contributed by atoms with Crippen molar-refractivity contribution < 1.29 is 4.79 Å². The molecule has 3 rings (SSSR count). The second kappa shape index (κ2) is 6.31. The van der Waals surface area contributed by atoms with E-state index in [1.165, 1.54) is 0 Å². The highest BCUT2D eigenvalue weighted by atomic mass is 16.2. The molecule has 3 aromatic rings. The number of hydrazone groups is 1. The zero-order chi connectivity index (χ0) is 16.2. The number of hydrogen-bond donors (Lipinski definition) is 3. The maximum atomic E-state index is 11.9. The molecule has 23 heavy (non-hydrogen) atoms. The normalized spacial score (nSPS) is 11.2. The van der Waals surface area contributed by atoms with Gasteiger partial charge < -0.3 is 5.10 Å². The third kappa shape index (κ3) is 3.21. The van der Waals surface area contributed by atoms with E-state index in [-0.39, 0.29) is 17.9 Å². The quantitative estimate of drug-likeness (QED) is 0.507. The van der Waals surface area contributed by atoms with Gasteiger partial charge in [-0.15, -0.1) is 0 Å². The third-order valence-electron chi connectivity index (χ3n) is 3.64. The molecule has 6 heteroatoms. The minimum Gasteiger partial charge on any atom is -0.302 e. The minimum absolute atomic E-state index is 0.0163. The molecular weight excluding hydrogens is 292 g/mol. The fourth-order valence-corrected chi connectivity index (χ4v) is 2.42. The zero-order valence-corrected chi connectivity index (χ0v) is 12.6. The van der Waals surface area contributed by atoms with Crippen molar-refractivity contribution in [1.82, 2.24) is 15.6 Å². The van der Waals surface area contributed by atoms with Gasteiger partial charge >= 0.3 is 0 Å². The molecule has 0 spiro atoms. The molecule has 0 atom stereocenters. The summed E-state index contributed by atoms with van der Waals surface area (Å²) in [6, 6.07) is 13.8. The standard InChI is InChI=1S/C17H16N4O2/c1-11-15(17(23)21-19-11)9-16(22)20-18-10-13-7-4-6-12-5-2-3-8-14(12)13/h2-8,10H,9H2,1H3,(H,20,22)(H2,19,21,23). The first kappa shape index (κ1) is 14.8. The van der Waals surface area contributed by atoms with Gasteiger partial charge in [0.1, 0.15) is 0 Å². The van der Waals surface area contributed by atoms with E-state index in [1.54, 1.807) is 13.1 Å². The molecule has 116 valence electrons. The van der Waals surface area contributed by atoms with Gasteiger partial charge in [-0.3, -0.25) is 14.7 Å². The van der Waals surface area contributed by atoms with Crippen molar-refractivity contribution >= 4 is 22.9 Å². The molecule has 0 aliphatic carbocycles. The summed E-state index contributed by atoms with van der Waals surface area (Å²) < 4.78 is 0. The Hall–Kier alpha value is -3.15. The Morgan fingerprint density at radius 1 is 1.17 bits per heavy atom. The second-order valence-corrected chi connectivity index (χ2v) is 5.22. The fourth-order valence-electron chi connectivity index (χ4n) is 2.42. The van der Waals surface area contributed by atoms with Crippen LogP contribution in [-0.2, 0) is 11.2 Å². The molecule has 0 fully saturated rings. The van der Waals surface area contributed by atoms with Crippen molar-refractivity contribution in [3.05, 3.63) is 69.6 Å². The SMILES string of the molecule is Cc1[nH][nH]c(=O)c1CC(=O)NN=Cc1cccc2ccccc12. The number of aromatic nitrogens is 2. The fraction of sp³-hybridized carbons (Fsp3) is 0.118. The van der Waals surface area contributed by atoms with E-state index in [1.807, 2.05) is 42.5 Å². The Kier molecular flexibility index (Phi) is 4.05. The predicted octanol–water partition coefficient (Wildman–Crippen LogP) is 1.86. The molecule has 1 heterocycles. The van der Waals surface area contributed by atoms with Crippen LogP contribution in [-0.4, -0.2) is 22.3 Å². The summed E-state index contributed by atoms with van der Waals surface area (Å²) in [5.74, 6) is -0.338. The van der Waals surface area contributed by atoms with Crippen LogP contribution in [0.3, 0.4) is 0 Å². The number of amides is 1. The number of nitrogens with zero attached hydrogens (tertiary/aromatic N) is 1. The maximum absolute atomic E-state index is 11.9. The molecular formula is C17H16N4O2. The summed E-state index contributed by atoms with van der Waals surface area (Å²) in [6.45, 7) is 1.74. The molecule has 0 saturated carbocycles. The Morgan fingerprint density at radius 3 is 2.74 bits per heavy atom. The number of carbonyl (C=O) groups excluding carboxylic acids is 1. The molecule has 0 aliphatic heterocycles. The van der Waals surface area contributed by atoms with Crippen molar-refractivity contribution in [2.45, 2.75) is 13.3 Å². The average Bonchev–Trinajstić information content (AvgIpc) is 2.87. The molecule has 0 aliphatic rings. The van der Waals surface area contributed by atoms with Crippen molar-refractivity contribution in [2.75, 3.05) is 0 Å². The van der Waals surface area contributed by atoms with E-state index in [0.29, 0.717) is 11.3 Å². The summed E-state index contributed by atoms with van der Waals surface area (Å²) in [5.41, 5.74) is 4.16. The van der Waals surface area contributed by atoms with Gasteiger partial charge in [-0.2, -0.15) is 5.10 Å². The minimum atomic E-state index is -0.338. The second-order valence-electron chi connectivity index (χ2n) is 5.22. The molecule has 2 aromatic carbocycles. The summed E-state index contributed by atoms with van der Waals surface area (Å²) in [7, 11) is 0. The first-order valence-electron chi connectivity index (χ1n) is 7.21. The Labute approximate surface area is 132 Å². The first-order valence-corrected chi connectivity index (χ1v) is 7.21. The summed E-state index contributed by atoms with van der Waals surface area (Å²) in [6.07, 6.45) is 1.59. The van der Waals surface area contributed by atoms with Crippen molar-refractivity contribution in [3.8, 4) is 0 Å².